The van der Waals surface area contributed by atoms with Gasteiger partial charge in [-0.1, -0.05) is 29.3 Å². The molecule has 2 N–H and O–H groups in total. The quantitative estimate of drug-likeness (QED) is 0.864. The SMILES string of the molecule is CC(C)(C)OC(=O)NCC(CO)Cc1ccc(Cl)cc1Cl. The molecular weight excluding hydrogens is 313 g/mol. The van der Waals surface area contributed by atoms with Gasteiger partial charge in [0.05, 0.1) is 0 Å². The zero-order valence-corrected chi connectivity index (χ0v) is 14.0. The molecule has 0 aliphatic heterocycles. The molecule has 0 radical (unpaired) electrons. The number of nitrogens with one attached hydrogen (secondary N) is 1. The highest BCUT2D eigenvalue weighted by atomic mass is 35.5. The molecule has 0 bridgehead atoms. The van der Waals surface area contributed by atoms with Crippen LogP contribution in [0.3, 0.4) is 0 Å². The molecule has 1 unspecified atom stereocenters. The highest BCUT2D eigenvalue weighted by molar-refractivity contribution is 6.35. The van der Waals surface area contributed by atoms with E-state index in [0.29, 0.717) is 23.0 Å². The van der Waals surface area contributed by atoms with Gasteiger partial charge in [0.1, 0.15) is 5.60 Å². The fourth-order valence-corrected chi connectivity index (χ4v) is 2.23. The number of alkyl carbamates (subject to hydrolysis) is 1. The van der Waals surface area contributed by atoms with Crippen LogP contribution in [0.25, 0.3) is 0 Å². The third-order valence-corrected chi connectivity index (χ3v) is 3.30. The van der Waals surface area contributed by atoms with Gasteiger partial charge in [-0.3, -0.25) is 0 Å². The second-order valence-electron chi connectivity index (χ2n) is 5.87. The van der Waals surface area contributed by atoms with Crippen LogP contribution in [0.1, 0.15) is 26.3 Å². The summed E-state index contributed by atoms with van der Waals surface area (Å²) in [4.78, 5) is 11.6. The van der Waals surface area contributed by atoms with Crippen molar-refractivity contribution >= 4 is 29.3 Å². The Morgan fingerprint density at radius 3 is 2.57 bits per heavy atom. The van der Waals surface area contributed by atoms with E-state index in [1.807, 2.05) is 6.07 Å². The van der Waals surface area contributed by atoms with Gasteiger partial charge in [-0.05, 0) is 44.9 Å². The summed E-state index contributed by atoms with van der Waals surface area (Å²) in [5, 5.41) is 13.2. The Balaban J connectivity index is 2.54. The highest BCUT2D eigenvalue weighted by Crippen LogP contribution is 2.23. The molecule has 0 aliphatic rings. The summed E-state index contributed by atoms with van der Waals surface area (Å²) < 4.78 is 5.15. The van der Waals surface area contributed by atoms with Gasteiger partial charge in [-0.15, -0.1) is 0 Å². The van der Waals surface area contributed by atoms with Gasteiger partial charge in [-0.25, -0.2) is 4.79 Å². The van der Waals surface area contributed by atoms with E-state index in [2.05, 4.69) is 5.32 Å². The van der Waals surface area contributed by atoms with E-state index < -0.39 is 11.7 Å². The molecule has 0 saturated heterocycles. The predicted octanol–water partition coefficient (Wildman–Crippen LogP) is 3.67. The Morgan fingerprint density at radius 1 is 1.38 bits per heavy atom. The number of ether oxygens (including phenoxy) is 1. The van der Waals surface area contributed by atoms with Crippen molar-refractivity contribution in [1.29, 1.82) is 0 Å². The third kappa shape index (κ3) is 7.02. The summed E-state index contributed by atoms with van der Waals surface area (Å²) in [6.07, 6.45) is 0.0469. The first kappa shape index (κ1) is 18.1. The van der Waals surface area contributed by atoms with Gasteiger partial charge >= 0.3 is 6.09 Å². The normalized spacial score (nSPS) is 12.9. The molecule has 1 amide bonds. The number of carbonyl (C=O) groups is 1. The Hall–Kier alpha value is -0.970. The minimum absolute atomic E-state index is 0.0608. The van der Waals surface area contributed by atoms with Crippen LogP contribution in [0.4, 0.5) is 4.79 Å². The summed E-state index contributed by atoms with van der Waals surface area (Å²) in [6.45, 7) is 5.63. The van der Waals surface area contributed by atoms with E-state index >= 15 is 0 Å². The molecule has 0 aromatic heterocycles. The van der Waals surface area contributed by atoms with Crippen molar-refractivity contribution in [2.24, 2.45) is 5.92 Å². The van der Waals surface area contributed by atoms with E-state index in [9.17, 15) is 9.90 Å². The molecule has 0 fully saturated rings. The maximum absolute atomic E-state index is 11.6. The maximum atomic E-state index is 11.6. The molecule has 118 valence electrons. The molecule has 0 heterocycles. The van der Waals surface area contributed by atoms with Gasteiger partial charge in [-0.2, -0.15) is 0 Å². The second-order valence-corrected chi connectivity index (χ2v) is 6.71. The molecule has 21 heavy (non-hydrogen) atoms. The van der Waals surface area contributed by atoms with Crippen LogP contribution in [0.15, 0.2) is 18.2 Å². The predicted molar refractivity (Wildman–Crippen MR) is 85.0 cm³/mol. The van der Waals surface area contributed by atoms with E-state index in [1.165, 1.54) is 0 Å². The zero-order valence-electron chi connectivity index (χ0n) is 12.5. The lowest BCUT2D eigenvalue weighted by molar-refractivity contribution is 0.0512. The lowest BCUT2D eigenvalue weighted by atomic mass is 10.00. The number of amides is 1. The average Bonchev–Trinajstić information content (AvgIpc) is 2.34. The topological polar surface area (TPSA) is 58.6 Å². The molecule has 4 nitrogen and oxygen atoms in total. The number of aliphatic hydroxyl groups excluding tert-OH is 1. The van der Waals surface area contributed by atoms with Crippen molar-refractivity contribution in [3.8, 4) is 0 Å². The molecule has 1 atom stereocenters. The number of hydrogen-bond acceptors (Lipinski definition) is 3. The summed E-state index contributed by atoms with van der Waals surface area (Å²) >= 11 is 11.9. The first-order valence-electron chi connectivity index (χ1n) is 6.73. The molecule has 6 heteroatoms. The van der Waals surface area contributed by atoms with Crippen molar-refractivity contribution in [2.75, 3.05) is 13.2 Å². The second kappa shape index (κ2) is 7.87. The lowest BCUT2D eigenvalue weighted by Gasteiger charge is -2.21. The molecule has 1 aromatic carbocycles. The monoisotopic (exact) mass is 333 g/mol. The van der Waals surface area contributed by atoms with Crippen molar-refractivity contribution in [3.05, 3.63) is 33.8 Å². The third-order valence-electron chi connectivity index (χ3n) is 2.72. The van der Waals surface area contributed by atoms with Crippen LogP contribution in [0.5, 0.6) is 0 Å². The largest absolute Gasteiger partial charge is 0.444 e. The van der Waals surface area contributed by atoms with E-state index in [0.717, 1.165) is 5.56 Å². The number of carbonyl (C=O) groups excluding carboxylic acids is 1. The van der Waals surface area contributed by atoms with Crippen LogP contribution in [0, 0.1) is 5.92 Å². The molecule has 0 spiro atoms. The first-order valence-corrected chi connectivity index (χ1v) is 7.48. The minimum Gasteiger partial charge on any atom is -0.444 e. The van der Waals surface area contributed by atoms with Crippen LogP contribution in [-0.4, -0.2) is 30.0 Å². The zero-order chi connectivity index (χ0) is 16.0. The lowest BCUT2D eigenvalue weighted by Crippen LogP contribution is -2.36. The molecule has 0 saturated carbocycles. The van der Waals surface area contributed by atoms with Crippen LogP contribution < -0.4 is 5.32 Å². The van der Waals surface area contributed by atoms with Gasteiger partial charge in [0, 0.05) is 29.1 Å². The van der Waals surface area contributed by atoms with Crippen molar-refractivity contribution in [2.45, 2.75) is 32.8 Å². The summed E-state index contributed by atoms with van der Waals surface area (Å²) in [7, 11) is 0. The van der Waals surface area contributed by atoms with Crippen LogP contribution in [0.2, 0.25) is 10.0 Å². The molecule has 1 rings (SSSR count). The number of hydrogen-bond donors (Lipinski definition) is 2. The van der Waals surface area contributed by atoms with Crippen LogP contribution >= 0.6 is 23.2 Å². The van der Waals surface area contributed by atoms with Crippen molar-refractivity contribution in [1.82, 2.24) is 5.32 Å². The summed E-state index contributed by atoms with van der Waals surface area (Å²) in [5.41, 5.74) is 0.337. The Morgan fingerprint density at radius 2 is 2.05 bits per heavy atom. The number of benzene rings is 1. The molecular formula is C15H21Cl2NO3. The standard InChI is InChI=1S/C15H21Cl2NO3/c1-15(2,3)21-14(20)18-8-10(9-19)6-11-4-5-12(16)7-13(11)17/h4-5,7,10,19H,6,8-9H2,1-3H3,(H,18,20). The Labute approximate surface area is 135 Å². The van der Waals surface area contributed by atoms with Crippen LogP contribution in [-0.2, 0) is 11.2 Å². The number of halogens is 2. The Kier molecular flexibility index (Phi) is 6.78. The van der Waals surface area contributed by atoms with Gasteiger partial charge in [0.15, 0.2) is 0 Å². The van der Waals surface area contributed by atoms with Crippen molar-refractivity contribution in [3.63, 3.8) is 0 Å². The first-order chi connectivity index (χ1) is 9.71. The van der Waals surface area contributed by atoms with E-state index in [1.54, 1.807) is 32.9 Å². The highest BCUT2D eigenvalue weighted by Gasteiger charge is 2.18. The fraction of sp³-hybridized carbons (Fsp3) is 0.533. The minimum atomic E-state index is -0.543. The van der Waals surface area contributed by atoms with E-state index in [-0.39, 0.29) is 12.5 Å². The van der Waals surface area contributed by atoms with E-state index in [4.69, 9.17) is 27.9 Å². The number of rotatable bonds is 5. The van der Waals surface area contributed by atoms with Gasteiger partial charge < -0.3 is 15.2 Å². The van der Waals surface area contributed by atoms with Gasteiger partial charge in [0.25, 0.3) is 0 Å². The summed E-state index contributed by atoms with van der Waals surface area (Å²) in [6, 6.07) is 5.23. The Bertz CT molecular complexity index is 486. The van der Waals surface area contributed by atoms with Gasteiger partial charge in [0.2, 0.25) is 0 Å². The molecule has 1 aromatic rings. The molecule has 0 aliphatic carbocycles. The average molecular weight is 334 g/mol. The smallest absolute Gasteiger partial charge is 0.407 e. The number of aliphatic hydroxyl groups is 1. The van der Waals surface area contributed by atoms with Crippen molar-refractivity contribution < 1.29 is 14.6 Å². The maximum Gasteiger partial charge on any atom is 0.407 e. The summed E-state index contributed by atoms with van der Waals surface area (Å²) in [5.74, 6) is -0.142. The fourth-order valence-electron chi connectivity index (χ4n) is 1.74.